The number of hydrogen-bond donors (Lipinski definition) is 1. The third kappa shape index (κ3) is 1.99. The largest absolute Gasteiger partial charge is 0.320 e. The summed E-state index contributed by atoms with van der Waals surface area (Å²) in [5.74, 6) is 0. The molecule has 86 valence electrons. The first kappa shape index (κ1) is 10.9. The van der Waals surface area contributed by atoms with Gasteiger partial charge < -0.3 is 5.73 Å². The molecule has 0 aliphatic heterocycles. The molecule has 3 aromatic heterocycles. The Kier molecular flexibility index (Phi) is 2.70. The van der Waals surface area contributed by atoms with Crippen molar-refractivity contribution in [1.29, 1.82) is 0 Å². The highest BCUT2D eigenvalue weighted by atomic mass is 32.1. The molecule has 0 radical (unpaired) electrons. The van der Waals surface area contributed by atoms with E-state index in [1.54, 1.807) is 22.7 Å². The van der Waals surface area contributed by atoms with Crippen LogP contribution < -0.4 is 5.73 Å². The van der Waals surface area contributed by atoms with E-state index in [0.29, 0.717) is 0 Å². The van der Waals surface area contributed by atoms with Crippen LogP contribution in [0.15, 0.2) is 35.2 Å². The average Bonchev–Trinajstić information content (AvgIpc) is 2.95. The molecule has 0 fully saturated rings. The maximum atomic E-state index is 6.26. The highest BCUT2D eigenvalue weighted by Crippen LogP contribution is 2.27. The number of fused-ring (bicyclic) bond motifs is 1. The molecule has 0 saturated carbocycles. The van der Waals surface area contributed by atoms with Crippen LogP contribution in [0.3, 0.4) is 0 Å². The van der Waals surface area contributed by atoms with Crippen LogP contribution in [0, 0.1) is 6.92 Å². The quantitative estimate of drug-likeness (QED) is 0.762. The smallest absolute Gasteiger partial charge is 0.0809 e. The van der Waals surface area contributed by atoms with Gasteiger partial charge in [-0.05, 0) is 47.0 Å². The number of hydrogen-bond acceptors (Lipinski definition) is 4. The Morgan fingerprint density at radius 2 is 2.12 bits per heavy atom. The number of nitrogens with zero attached hydrogens (tertiary/aromatic N) is 1. The molecule has 0 spiro atoms. The van der Waals surface area contributed by atoms with Gasteiger partial charge in [0.2, 0.25) is 0 Å². The van der Waals surface area contributed by atoms with E-state index in [9.17, 15) is 0 Å². The van der Waals surface area contributed by atoms with Gasteiger partial charge in [-0.1, -0.05) is 0 Å². The lowest BCUT2D eigenvalue weighted by Crippen LogP contribution is -2.10. The van der Waals surface area contributed by atoms with Crippen LogP contribution in [0.25, 0.3) is 10.2 Å². The third-order valence-corrected chi connectivity index (χ3v) is 4.53. The second-order valence-electron chi connectivity index (χ2n) is 4.04. The molecule has 2 N–H and O–H groups in total. The topological polar surface area (TPSA) is 38.9 Å². The minimum absolute atomic E-state index is 0.0704. The van der Waals surface area contributed by atoms with Crippen LogP contribution in [-0.2, 0) is 0 Å². The van der Waals surface area contributed by atoms with Crippen molar-refractivity contribution < 1.29 is 0 Å². The first-order chi connectivity index (χ1) is 8.24. The van der Waals surface area contributed by atoms with Gasteiger partial charge in [-0.25, -0.2) is 0 Å². The maximum Gasteiger partial charge on any atom is 0.0809 e. The van der Waals surface area contributed by atoms with Gasteiger partial charge in [0.05, 0.1) is 16.3 Å². The number of thiophene rings is 2. The van der Waals surface area contributed by atoms with Crippen molar-refractivity contribution in [2.45, 2.75) is 13.0 Å². The Labute approximate surface area is 108 Å². The van der Waals surface area contributed by atoms with E-state index in [4.69, 9.17) is 5.73 Å². The average molecular weight is 260 g/mol. The summed E-state index contributed by atoms with van der Waals surface area (Å²) < 4.78 is 1.20. The molecule has 4 heteroatoms. The van der Waals surface area contributed by atoms with Crippen molar-refractivity contribution in [3.8, 4) is 0 Å². The van der Waals surface area contributed by atoms with Gasteiger partial charge in [0.1, 0.15) is 0 Å². The fourth-order valence-electron chi connectivity index (χ4n) is 1.85. The first-order valence-electron chi connectivity index (χ1n) is 5.38. The van der Waals surface area contributed by atoms with E-state index in [0.717, 1.165) is 11.1 Å². The Bertz CT molecular complexity index is 654. The Morgan fingerprint density at radius 3 is 2.88 bits per heavy atom. The second-order valence-corrected chi connectivity index (χ2v) is 6.10. The third-order valence-electron chi connectivity index (χ3n) is 2.79. The van der Waals surface area contributed by atoms with E-state index in [2.05, 4.69) is 34.8 Å². The Balaban J connectivity index is 2.02. The molecule has 3 aromatic rings. The minimum atomic E-state index is -0.0704. The van der Waals surface area contributed by atoms with Gasteiger partial charge in [-0.15, -0.1) is 22.7 Å². The standard InChI is InChI=1S/C13H12N2S2/c1-8-4-10(7-17-8)13(14)9-5-12-11(15-6-9)2-3-16-12/h2-7,13H,14H2,1H3. The summed E-state index contributed by atoms with van der Waals surface area (Å²) in [6.45, 7) is 2.10. The number of nitrogens with two attached hydrogens (primary N) is 1. The van der Waals surface area contributed by atoms with Gasteiger partial charge in [0.15, 0.2) is 0 Å². The van der Waals surface area contributed by atoms with Crippen molar-refractivity contribution in [3.63, 3.8) is 0 Å². The zero-order valence-corrected chi connectivity index (χ0v) is 11.0. The number of rotatable bonds is 2. The van der Waals surface area contributed by atoms with E-state index in [1.165, 1.54) is 15.1 Å². The van der Waals surface area contributed by atoms with Gasteiger partial charge in [0, 0.05) is 11.1 Å². The van der Waals surface area contributed by atoms with E-state index >= 15 is 0 Å². The summed E-state index contributed by atoms with van der Waals surface area (Å²) in [6, 6.07) is 6.25. The van der Waals surface area contributed by atoms with Gasteiger partial charge in [-0.3, -0.25) is 4.98 Å². The molecule has 3 heterocycles. The molecule has 2 nitrogen and oxygen atoms in total. The second kappa shape index (κ2) is 4.22. The summed E-state index contributed by atoms with van der Waals surface area (Å²) in [4.78, 5) is 5.72. The number of aromatic nitrogens is 1. The molecule has 0 aliphatic carbocycles. The van der Waals surface area contributed by atoms with Gasteiger partial charge >= 0.3 is 0 Å². The van der Waals surface area contributed by atoms with Gasteiger partial charge in [0.25, 0.3) is 0 Å². The molecule has 0 bridgehead atoms. The van der Waals surface area contributed by atoms with Crippen LogP contribution in [0.2, 0.25) is 0 Å². The molecular formula is C13H12N2S2. The SMILES string of the molecule is Cc1cc(C(N)c2cnc3ccsc3c2)cs1. The fraction of sp³-hybridized carbons (Fsp3) is 0.154. The Hall–Kier alpha value is -1.23. The van der Waals surface area contributed by atoms with Crippen LogP contribution in [0.1, 0.15) is 22.0 Å². The van der Waals surface area contributed by atoms with Crippen molar-refractivity contribution >= 4 is 32.9 Å². The van der Waals surface area contributed by atoms with Crippen molar-refractivity contribution in [3.05, 3.63) is 51.2 Å². The molecule has 0 aliphatic rings. The predicted molar refractivity (Wildman–Crippen MR) is 74.7 cm³/mol. The van der Waals surface area contributed by atoms with Crippen LogP contribution >= 0.6 is 22.7 Å². The normalized spacial score (nSPS) is 13.1. The molecule has 3 rings (SSSR count). The predicted octanol–water partition coefficient (Wildman–Crippen LogP) is 3.71. The van der Waals surface area contributed by atoms with Crippen LogP contribution in [0.5, 0.6) is 0 Å². The zero-order valence-electron chi connectivity index (χ0n) is 9.38. The highest BCUT2D eigenvalue weighted by molar-refractivity contribution is 7.17. The summed E-state index contributed by atoms with van der Waals surface area (Å²) in [5.41, 5.74) is 9.56. The number of aryl methyl sites for hydroxylation is 1. The molecule has 0 aromatic carbocycles. The summed E-state index contributed by atoms with van der Waals surface area (Å²) in [6.07, 6.45) is 1.88. The molecular weight excluding hydrogens is 248 g/mol. The summed E-state index contributed by atoms with van der Waals surface area (Å²) in [5, 5.41) is 4.18. The van der Waals surface area contributed by atoms with Crippen molar-refractivity contribution in [2.24, 2.45) is 5.73 Å². The van der Waals surface area contributed by atoms with E-state index in [1.807, 2.05) is 12.3 Å². The molecule has 0 amide bonds. The monoisotopic (exact) mass is 260 g/mol. The lowest BCUT2D eigenvalue weighted by Gasteiger charge is -2.09. The van der Waals surface area contributed by atoms with Gasteiger partial charge in [-0.2, -0.15) is 0 Å². The summed E-state index contributed by atoms with van der Waals surface area (Å²) >= 11 is 3.44. The number of pyridine rings is 1. The zero-order chi connectivity index (χ0) is 11.8. The van der Waals surface area contributed by atoms with Crippen molar-refractivity contribution in [2.75, 3.05) is 0 Å². The lowest BCUT2D eigenvalue weighted by molar-refractivity contribution is 0.872. The van der Waals surface area contributed by atoms with Crippen molar-refractivity contribution in [1.82, 2.24) is 4.98 Å². The molecule has 17 heavy (non-hydrogen) atoms. The molecule has 1 unspecified atom stereocenters. The van der Waals surface area contributed by atoms with E-state index < -0.39 is 0 Å². The Morgan fingerprint density at radius 1 is 1.24 bits per heavy atom. The molecule has 0 saturated heterocycles. The first-order valence-corrected chi connectivity index (χ1v) is 7.14. The van der Waals surface area contributed by atoms with Crippen LogP contribution in [-0.4, -0.2) is 4.98 Å². The van der Waals surface area contributed by atoms with Crippen LogP contribution in [0.4, 0.5) is 0 Å². The molecule has 1 atom stereocenters. The summed E-state index contributed by atoms with van der Waals surface area (Å²) in [7, 11) is 0. The lowest BCUT2D eigenvalue weighted by atomic mass is 10.0. The van der Waals surface area contributed by atoms with E-state index in [-0.39, 0.29) is 6.04 Å². The highest BCUT2D eigenvalue weighted by Gasteiger charge is 2.11. The maximum absolute atomic E-state index is 6.26. The fourth-order valence-corrected chi connectivity index (χ4v) is 3.38. The minimum Gasteiger partial charge on any atom is -0.320 e.